The molecule has 2 saturated heterocycles. The van der Waals surface area contributed by atoms with Crippen LogP contribution in [0.3, 0.4) is 0 Å². The fraction of sp³-hybridized carbons (Fsp3) is 0.762. The van der Waals surface area contributed by atoms with Crippen molar-refractivity contribution in [2.45, 2.75) is 71.3 Å². The van der Waals surface area contributed by atoms with Crippen molar-refractivity contribution in [2.75, 3.05) is 31.2 Å². The number of hydrogen-bond donors (Lipinski definition) is 1. The van der Waals surface area contributed by atoms with Gasteiger partial charge in [0, 0.05) is 18.5 Å². The van der Waals surface area contributed by atoms with E-state index in [9.17, 15) is 9.00 Å². The molecule has 2 fully saturated rings. The molecule has 1 N–H and O–H groups in total. The summed E-state index contributed by atoms with van der Waals surface area (Å²) in [7, 11) is -1.17. The summed E-state index contributed by atoms with van der Waals surface area (Å²) in [5, 5.41) is 0. The maximum atomic E-state index is 12.8. The first-order valence-electron chi connectivity index (χ1n) is 10.7. The lowest BCUT2D eigenvalue weighted by molar-refractivity contribution is 0.0519. The van der Waals surface area contributed by atoms with Crippen molar-refractivity contribution in [1.82, 2.24) is 14.7 Å². The summed E-state index contributed by atoms with van der Waals surface area (Å²) in [5.74, 6) is 0.0904. The number of carbonyl (C=O) groups is 1. The Labute approximate surface area is 195 Å². The monoisotopic (exact) mass is 516 g/mol. The zero-order valence-electron chi connectivity index (χ0n) is 19.2. The lowest BCUT2D eigenvalue weighted by atomic mass is 9.73. The van der Waals surface area contributed by atoms with Gasteiger partial charge in [0.1, 0.15) is 4.60 Å². The van der Waals surface area contributed by atoms with Gasteiger partial charge in [-0.25, -0.2) is 23.7 Å². The van der Waals surface area contributed by atoms with Crippen molar-refractivity contribution in [3.05, 3.63) is 16.0 Å². The van der Waals surface area contributed by atoms with Crippen LogP contribution in [0.25, 0.3) is 0 Å². The Morgan fingerprint density at radius 2 is 2.00 bits per heavy atom. The van der Waals surface area contributed by atoms with E-state index >= 15 is 0 Å². The standard InChI is InChI=1S/C21H33BrN4O4S/c1-7-29-19(27)15-18(23-13(2)17(22)24-15)26-10-8-21(9-11-26)12-30-14(3)16(21)25-31(28)20(4,5)6/h14,16,25H,7-12H2,1-6H3/t14-,16+,31+/m0/s1. The third-order valence-electron chi connectivity index (χ3n) is 6.07. The summed E-state index contributed by atoms with van der Waals surface area (Å²) >= 11 is 3.37. The third kappa shape index (κ3) is 5.12. The highest BCUT2D eigenvalue weighted by atomic mass is 79.9. The number of nitrogens with one attached hydrogen (secondary N) is 1. The Morgan fingerprint density at radius 1 is 1.35 bits per heavy atom. The van der Waals surface area contributed by atoms with E-state index in [2.05, 4.69) is 35.5 Å². The largest absolute Gasteiger partial charge is 0.461 e. The summed E-state index contributed by atoms with van der Waals surface area (Å²) in [4.78, 5) is 23.7. The number of ether oxygens (including phenoxy) is 2. The van der Waals surface area contributed by atoms with Gasteiger partial charge in [0.05, 0.1) is 46.8 Å². The fourth-order valence-electron chi connectivity index (χ4n) is 4.16. The van der Waals surface area contributed by atoms with Crippen LogP contribution in [0.1, 0.15) is 63.6 Å². The molecule has 1 spiro atoms. The molecule has 10 heteroatoms. The molecule has 0 aromatic carbocycles. The number of rotatable bonds is 5. The molecule has 1 aromatic rings. The Bertz CT molecular complexity index is 853. The maximum absolute atomic E-state index is 12.8. The lowest BCUT2D eigenvalue weighted by Crippen LogP contribution is -2.55. The minimum absolute atomic E-state index is 0.0111. The first kappa shape index (κ1) is 24.5. The summed E-state index contributed by atoms with van der Waals surface area (Å²) in [5.41, 5.74) is 0.856. The van der Waals surface area contributed by atoms with E-state index in [0.717, 1.165) is 18.5 Å². The van der Waals surface area contributed by atoms with E-state index in [1.807, 2.05) is 34.6 Å². The molecule has 3 atom stereocenters. The van der Waals surface area contributed by atoms with Crippen LogP contribution in [0.15, 0.2) is 4.60 Å². The van der Waals surface area contributed by atoms with Crippen LogP contribution in [0.2, 0.25) is 0 Å². The fourth-order valence-corrected chi connectivity index (χ4v) is 5.45. The Morgan fingerprint density at radius 3 is 2.58 bits per heavy atom. The van der Waals surface area contributed by atoms with Gasteiger partial charge in [0.15, 0.2) is 11.5 Å². The number of aryl methyl sites for hydroxylation is 1. The van der Waals surface area contributed by atoms with Gasteiger partial charge in [-0.05, 0) is 70.3 Å². The predicted octanol–water partition coefficient (Wildman–Crippen LogP) is 3.15. The topological polar surface area (TPSA) is 93.7 Å². The number of esters is 1. The van der Waals surface area contributed by atoms with E-state index in [-0.39, 0.29) is 34.6 Å². The molecule has 3 rings (SSSR count). The maximum Gasteiger partial charge on any atom is 0.360 e. The van der Waals surface area contributed by atoms with Crippen LogP contribution in [-0.4, -0.2) is 63.3 Å². The second-order valence-electron chi connectivity index (χ2n) is 9.33. The van der Waals surface area contributed by atoms with Crippen LogP contribution >= 0.6 is 15.9 Å². The van der Waals surface area contributed by atoms with Crippen molar-refractivity contribution < 1.29 is 18.5 Å². The summed E-state index contributed by atoms with van der Waals surface area (Å²) < 4.78 is 27.6. The second kappa shape index (κ2) is 9.41. The number of anilines is 1. The van der Waals surface area contributed by atoms with Gasteiger partial charge in [0.25, 0.3) is 0 Å². The molecule has 174 valence electrons. The normalized spacial score (nSPS) is 24.4. The molecule has 31 heavy (non-hydrogen) atoms. The molecule has 2 aliphatic rings. The molecule has 0 bridgehead atoms. The average Bonchev–Trinajstić information content (AvgIpc) is 2.99. The van der Waals surface area contributed by atoms with Gasteiger partial charge in [0.2, 0.25) is 0 Å². The average molecular weight is 517 g/mol. The first-order chi connectivity index (χ1) is 14.5. The molecule has 0 unspecified atom stereocenters. The van der Waals surface area contributed by atoms with Crippen molar-refractivity contribution in [2.24, 2.45) is 5.41 Å². The van der Waals surface area contributed by atoms with Crippen LogP contribution in [0, 0.1) is 12.3 Å². The van der Waals surface area contributed by atoms with Gasteiger partial charge in [-0.2, -0.15) is 0 Å². The predicted molar refractivity (Wildman–Crippen MR) is 125 cm³/mol. The van der Waals surface area contributed by atoms with Crippen LogP contribution < -0.4 is 9.62 Å². The second-order valence-corrected chi connectivity index (χ2v) is 12.1. The van der Waals surface area contributed by atoms with E-state index < -0.39 is 17.0 Å². The van der Waals surface area contributed by atoms with Crippen molar-refractivity contribution in [1.29, 1.82) is 0 Å². The zero-order chi connectivity index (χ0) is 23.0. The molecule has 1 aromatic heterocycles. The van der Waals surface area contributed by atoms with Crippen LogP contribution in [-0.2, 0) is 20.5 Å². The molecule has 0 aliphatic carbocycles. The van der Waals surface area contributed by atoms with E-state index in [1.165, 1.54) is 0 Å². The van der Waals surface area contributed by atoms with Crippen molar-refractivity contribution in [3.8, 4) is 0 Å². The zero-order valence-corrected chi connectivity index (χ0v) is 21.6. The number of carbonyl (C=O) groups excluding carboxylic acids is 1. The van der Waals surface area contributed by atoms with E-state index in [0.29, 0.717) is 30.1 Å². The highest BCUT2D eigenvalue weighted by molar-refractivity contribution is 9.10. The minimum atomic E-state index is -1.17. The first-order valence-corrected chi connectivity index (χ1v) is 12.7. The molecule has 2 aliphatic heterocycles. The molecule has 0 radical (unpaired) electrons. The minimum Gasteiger partial charge on any atom is -0.461 e. The number of aromatic nitrogens is 2. The van der Waals surface area contributed by atoms with Crippen LogP contribution in [0.5, 0.6) is 0 Å². The quantitative estimate of drug-likeness (QED) is 0.600. The molecule has 0 amide bonds. The lowest BCUT2D eigenvalue weighted by Gasteiger charge is -2.43. The highest BCUT2D eigenvalue weighted by Crippen LogP contribution is 2.43. The molecular formula is C21H33BrN4O4S. The third-order valence-corrected chi connectivity index (χ3v) is 8.41. The molecule has 0 saturated carbocycles. The number of nitrogens with zero attached hydrogens (tertiary/aromatic N) is 3. The molecule has 3 heterocycles. The van der Waals surface area contributed by atoms with Gasteiger partial charge in [-0.3, -0.25) is 0 Å². The van der Waals surface area contributed by atoms with Crippen LogP contribution in [0.4, 0.5) is 5.82 Å². The SMILES string of the molecule is CCOC(=O)c1nc(Br)c(C)nc1N1CCC2(CC1)CO[C@@H](C)[C@H]2N[S@](=O)C(C)(C)C. The molecule has 8 nitrogen and oxygen atoms in total. The Balaban J connectivity index is 1.81. The van der Waals surface area contributed by atoms with Gasteiger partial charge in [-0.1, -0.05) is 0 Å². The number of piperidine rings is 1. The number of halogens is 1. The number of hydrogen-bond acceptors (Lipinski definition) is 7. The Hall–Kier alpha value is -1.10. The van der Waals surface area contributed by atoms with E-state index in [1.54, 1.807) is 6.92 Å². The highest BCUT2D eigenvalue weighted by Gasteiger charge is 2.51. The Kier molecular flexibility index (Phi) is 7.45. The van der Waals surface area contributed by atoms with Crippen molar-refractivity contribution >= 4 is 38.7 Å². The smallest absolute Gasteiger partial charge is 0.360 e. The van der Waals surface area contributed by atoms with Gasteiger partial charge < -0.3 is 14.4 Å². The van der Waals surface area contributed by atoms with E-state index in [4.69, 9.17) is 9.47 Å². The van der Waals surface area contributed by atoms with Crippen molar-refractivity contribution in [3.63, 3.8) is 0 Å². The van der Waals surface area contributed by atoms with Gasteiger partial charge in [-0.15, -0.1) is 0 Å². The summed E-state index contributed by atoms with van der Waals surface area (Å²) in [6.07, 6.45) is 1.67. The van der Waals surface area contributed by atoms with Gasteiger partial charge >= 0.3 is 5.97 Å². The summed E-state index contributed by atoms with van der Waals surface area (Å²) in [6, 6.07) is 0.0111. The summed E-state index contributed by atoms with van der Waals surface area (Å²) in [6.45, 7) is 13.9. The molecular weight excluding hydrogens is 484 g/mol.